The van der Waals surface area contributed by atoms with Crippen molar-refractivity contribution < 1.29 is 4.79 Å². The van der Waals surface area contributed by atoms with Crippen molar-refractivity contribution in [2.75, 3.05) is 26.7 Å². The molecule has 1 fully saturated rings. The van der Waals surface area contributed by atoms with E-state index in [1.54, 1.807) is 18.3 Å². The number of nitrogens with zero attached hydrogens (tertiary/aromatic N) is 5. The molecule has 0 N–H and O–H groups in total. The van der Waals surface area contributed by atoms with Gasteiger partial charge in [0.1, 0.15) is 11.5 Å². The molecular formula is C15H18ClN5O. The summed E-state index contributed by atoms with van der Waals surface area (Å²) >= 11 is 5.82. The lowest BCUT2D eigenvalue weighted by molar-refractivity contribution is 0.0523. The van der Waals surface area contributed by atoms with Crippen molar-refractivity contribution in [2.24, 2.45) is 7.05 Å². The number of hydrogen-bond acceptors (Lipinski definition) is 4. The van der Waals surface area contributed by atoms with Crippen molar-refractivity contribution in [2.45, 2.75) is 6.04 Å². The third kappa shape index (κ3) is 2.84. The number of halogens is 1. The second kappa shape index (κ2) is 6.06. The summed E-state index contributed by atoms with van der Waals surface area (Å²) in [7, 11) is 4.03. The van der Waals surface area contributed by atoms with Gasteiger partial charge in [-0.25, -0.2) is 9.97 Å². The average Bonchev–Trinajstić information content (AvgIpc) is 2.94. The van der Waals surface area contributed by atoms with Crippen molar-refractivity contribution in [1.82, 2.24) is 24.3 Å². The summed E-state index contributed by atoms with van der Waals surface area (Å²) < 4.78 is 2.00. The molecule has 0 saturated carbocycles. The quantitative estimate of drug-likeness (QED) is 0.843. The first kappa shape index (κ1) is 15.0. The Balaban J connectivity index is 1.79. The number of aromatic nitrogens is 3. The third-order valence-electron chi connectivity index (χ3n) is 4.04. The summed E-state index contributed by atoms with van der Waals surface area (Å²) in [6.07, 6.45) is 5.20. The molecule has 1 saturated heterocycles. The van der Waals surface area contributed by atoms with Gasteiger partial charge in [-0.1, -0.05) is 11.6 Å². The van der Waals surface area contributed by atoms with Crippen LogP contribution in [0.25, 0.3) is 0 Å². The van der Waals surface area contributed by atoms with Gasteiger partial charge in [0.15, 0.2) is 0 Å². The molecule has 0 aliphatic carbocycles. The van der Waals surface area contributed by atoms with Crippen LogP contribution < -0.4 is 0 Å². The van der Waals surface area contributed by atoms with E-state index in [0.29, 0.717) is 23.8 Å². The Bertz CT molecular complexity index is 669. The van der Waals surface area contributed by atoms with Crippen molar-refractivity contribution in [3.63, 3.8) is 0 Å². The standard InChI is InChI=1S/C15H18ClN5O/c1-19-7-8-21(10-13(19)14-17-5-6-20(14)2)15(22)12-4-3-11(16)9-18-12/h3-6,9,13H,7-8,10H2,1-2H3. The van der Waals surface area contributed by atoms with Crippen molar-refractivity contribution in [1.29, 1.82) is 0 Å². The molecule has 6 nitrogen and oxygen atoms in total. The Kier molecular flexibility index (Phi) is 4.13. The third-order valence-corrected chi connectivity index (χ3v) is 4.26. The Morgan fingerprint density at radius 1 is 1.27 bits per heavy atom. The van der Waals surface area contributed by atoms with E-state index in [2.05, 4.69) is 21.9 Å². The van der Waals surface area contributed by atoms with E-state index in [1.807, 2.05) is 22.7 Å². The maximum Gasteiger partial charge on any atom is 0.272 e. The first-order chi connectivity index (χ1) is 10.6. The molecular weight excluding hydrogens is 302 g/mol. The summed E-state index contributed by atoms with van der Waals surface area (Å²) in [5, 5.41) is 0.529. The Morgan fingerprint density at radius 2 is 2.09 bits per heavy atom. The van der Waals surface area contributed by atoms with Crippen LogP contribution in [-0.4, -0.2) is 56.9 Å². The van der Waals surface area contributed by atoms with Gasteiger partial charge in [0.25, 0.3) is 5.91 Å². The molecule has 1 atom stereocenters. The van der Waals surface area contributed by atoms with Gasteiger partial charge in [0.05, 0.1) is 11.1 Å². The van der Waals surface area contributed by atoms with Crippen molar-refractivity contribution in [3.8, 4) is 0 Å². The van der Waals surface area contributed by atoms with E-state index in [-0.39, 0.29) is 11.9 Å². The number of likely N-dealkylation sites (N-methyl/N-ethyl adjacent to an activating group) is 1. The fourth-order valence-corrected chi connectivity index (χ4v) is 2.81. The number of hydrogen-bond donors (Lipinski definition) is 0. The van der Waals surface area contributed by atoms with Crippen molar-refractivity contribution >= 4 is 17.5 Å². The molecule has 3 rings (SSSR count). The van der Waals surface area contributed by atoms with Gasteiger partial charge in [-0.3, -0.25) is 9.69 Å². The summed E-state index contributed by atoms with van der Waals surface area (Å²) in [5.74, 6) is 0.896. The fourth-order valence-electron chi connectivity index (χ4n) is 2.70. The van der Waals surface area contributed by atoms with Crippen LogP contribution in [0.5, 0.6) is 0 Å². The molecule has 1 amide bonds. The predicted octanol–water partition coefficient (Wildman–Crippen LogP) is 1.60. The Labute approximate surface area is 134 Å². The molecule has 1 aliphatic heterocycles. The molecule has 22 heavy (non-hydrogen) atoms. The maximum atomic E-state index is 12.6. The molecule has 3 heterocycles. The summed E-state index contributed by atoms with van der Waals surface area (Å²) in [4.78, 5) is 25.2. The smallest absolute Gasteiger partial charge is 0.272 e. The SMILES string of the molecule is CN1CCN(C(=O)c2ccc(Cl)cn2)CC1c1nccn1C. The minimum absolute atomic E-state index is 0.0658. The molecule has 7 heteroatoms. The van der Waals surface area contributed by atoms with Gasteiger partial charge >= 0.3 is 0 Å². The highest BCUT2D eigenvalue weighted by Gasteiger charge is 2.31. The van der Waals surface area contributed by atoms with Gasteiger partial charge in [0, 0.05) is 45.3 Å². The van der Waals surface area contributed by atoms with Gasteiger partial charge in [-0.15, -0.1) is 0 Å². The highest BCUT2D eigenvalue weighted by Crippen LogP contribution is 2.23. The highest BCUT2D eigenvalue weighted by atomic mass is 35.5. The predicted molar refractivity (Wildman–Crippen MR) is 83.7 cm³/mol. The van der Waals surface area contributed by atoms with Crippen LogP contribution >= 0.6 is 11.6 Å². The van der Waals surface area contributed by atoms with E-state index in [9.17, 15) is 4.79 Å². The van der Waals surface area contributed by atoms with Crippen LogP contribution in [0.1, 0.15) is 22.4 Å². The largest absolute Gasteiger partial charge is 0.337 e. The number of rotatable bonds is 2. The molecule has 116 valence electrons. The summed E-state index contributed by atoms with van der Waals surface area (Å²) in [6, 6.07) is 3.44. The number of amides is 1. The van der Waals surface area contributed by atoms with E-state index in [4.69, 9.17) is 11.6 Å². The van der Waals surface area contributed by atoms with Crippen molar-refractivity contribution in [3.05, 3.63) is 47.3 Å². The lowest BCUT2D eigenvalue weighted by atomic mass is 10.1. The molecule has 0 radical (unpaired) electrons. The normalized spacial score (nSPS) is 19.4. The number of carbonyl (C=O) groups is 1. The highest BCUT2D eigenvalue weighted by molar-refractivity contribution is 6.30. The number of aryl methyl sites for hydroxylation is 1. The number of pyridine rings is 1. The molecule has 0 bridgehead atoms. The van der Waals surface area contributed by atoms with Crippen LogP contribution in [-0.2, 0) is 7.05 Å². The topological polar surface area (TPSA) is 54.3 Å². The molecule has 1 aliphatic rings. The summed E-state index contributed by atoms with van der Waals surface area (Å²) in [5.41, 5.74) is 0.424. The van der Waals surface area contributed by atoms with Crippen LogP contribution in [0.2, 0.25) is 5.02 Å². The zero-order valence-corrected chi connectivity index (χ0v) is 13.4. The van der Waals surface area contributed by atoms with Crippen LogP contribution in [0.3, 0.4) is 0 Å². The van der Waals surface area contributed by atoms with Crippen LogP contribution in [0.4, 0.5) is 0 Å². The fraction of sp³-hybridized carbons (Fsp3) is 0.400. The number of carbonyl (C=O) groups excluding carboxylic acids is 1. The Morgan fingerprint density at radius 3 is 2.73 bits per heavy atom. The minimum atomic E-state index is -0.0658. The monoisotopic (exact) mass is 319 g/mol. The zero-order valence-electron chi connectivity index (χ0n) is 12.6. The lowest BCUT2D eigenvalue weighted by Gasteiger charge is -2.38. The molecule has 2 aromatic rings. The number of piperazine rings is 1. The lowest BCUT2D eigenvalue weighted by Crippen LogP contribution is -2.49. The van der Waals surface area contributed by atoms with E-state index in [1.165, 1.54) is 6.20 Å². The molecule has 0 spiro atoms. The van der Waals surface area contributed by atoms with Crippen LogP contribution in [0.15, 0.2) is 30.7 Å². The van der Waals surface area contributed by atoms with E-state index < -0.39 is 0 Å². The molecule has 2 aromatic heterocycles. The van der Waals surface area contributed by atoms with Gasteiger partial charge in [-0.05, 0) is 19.2 Å². The molecule has 0 aromatic carbocycles. The summed E-state index contributed by atoms with van der Waals surface area (Å²) in [6.45, 7) is 2.09. The minimum Gasteiger partial charge on any atom is -0.337 e. The first-order valence-corrected chi connectivity index (χ1v) is 7.52. The maximum absolute atomic E-state index is 12.6. The molecule has 1 unspecified atom stereocenters. The van der Waals surface area contributed by atoms with Gasteiger partial charge < -0.3 is 9.47 Å². The van der Waals surface area contributed by atoms with Gasteiger partial charge in [0.2, 0.25) is 0 Å². The average molecular weight is 320 g/mol. The van der Waals surface area contributed by atoms with Gasteiger partial charge in [-0.2, -0.15) is 0 Å². The second-order valence-electron chi connectivity index (χ2n) is 5.51. The first-order valence-electron chi connectivity index (χ1n) is 7.14. The van der Waals surface area contributed by atoms with E-state index in [0.717, 1.165) is 12.4 Å². The Hall–Kier alpha value is -1.92. The number of imidazole rings is 1. The van der Waals surface area contributed by atoms with Crippen LogP contribution in [0, 0.1) is 0 Å². The zero-order chi connectivity index (χ0) is 15.7. The second-order valence-corrected chi connectivity index (χ2v) is 5.94. The van der Waals surface area contributed by atoms with E-state index >= 15 is 0 Å².